The van der Waals surface area contributed by atoms with Crippen LogP contribution in [0.1, 0.15) is 13.3 Å². The molecule has 0 spiro atoms. The van der Waals surface area contributed by atoms with E-state index in [1.54, 1.807) is 6.92 Å². The highest BCUT2D eigenvalue weighted by molar-refractivity contribution is 7.88. The molecule has 0 rings (SSSR count). The molecule has 0 amide bonds. The summed E-state index contributed by atoms with van der Waals surface area (Å²) in [4.78, 5) is 10.3. The summed E-state index contributed by atoms with van der Waals surface area (Å²) in [6.45, 7) is 3.22. The summed E-state index contributed by atoms with van der Waals surface area (Å²) in [5.74, 6) is -0.960. The fourth-order valence-electron chi connectivity index (χ4n) is 1.02. The van der Waals surface area contributed by atoms with Crippen molar-refractivity contribution in [3.63, 3.8) is 0 Å². The minimum atomic E-state index is -3.11. The van der Waals surface area contributed by atoms with E-state index in [1.165, 1.54) is 0 Å². The fraction of sp³-hybridized carbons (Fsp3) is 0.667. The van der Waals surface area contributed by atoms with Crippen LogP contribution in [0.4, 0.5) is 0 Å². The topological polar surface area (TPSA) is 95.5 Å². The highest BCUT2D eigenvalue weighted by Crippen LogP contribution is 1.89. The van der Waals surface area contributed by atoms with E-state index in [4.69, 9.17) is 5.11 Å². The predicted molar refractivity (Wildman–Crippen MR) is 61.7 cm³/mol. The highest BCUT2D eigenvalue weighted by atomic mass is 32.2. The van der Waals surface area contributed by atoms with Crippen LogP contribution in [0.25, 0.3) is 0 Å². The summed E-state index contributed by atoms with van der Waals surface area (Å²) in [6.07, 6.45) is 2.91. The lowest BCUT2D eigenvalue weighted by atomic mass is 10.3. The molecular weight excluding hydrogens is 232 g/mol. The number of hydrogen-bond donors (Lipinski definition) is 3. The van der Waals surface area contributed by atoms with Gasteiger partial charge >= 0.3 is 5.97 Å². The second-order valence-electron chi connectivity index (χ2n) is 3.53. The number of hydrogen-bond acceptors (Lipinski definition) is 4. The van der Waals surface area contributed by atoms with Crippen molar-refractivity contribution in [1.82, 2.24) is 10.0 Å². The molecule has 0 heterocycles. The minimum Gasteiger partial charge on any atom is -0.478 e. The van der Waals surface area contributed by atoms with Gasteiger partial charge in [-0.3, -0.25) is 0 Å². The molecule has 0 aliphatic carbocycles. The van der Waals surface area contributed by atoms with Gasteiger partial charge in [0.25, 0.3) is 0 Å². The molecule has 0 radical (unpaired) electrons. The molecule has 0 aromatic heterocycles. The van der Waals surface area contributed by atoms with Gasteiger partial charge in [0.2, 0.25) is 10.0 Å². The van der Waals surface area contributed by atoms with E-state index in [9.17, 15) is 13.2 Å². The lowest BCUT2D eigenvalue weighted by Gasteiger charge is -2.05. The number of carboxylic acids is 1. The van der Waals surface area contributed by atoms with Gasteiger partial charge in [0.15, 0.2) is 0 Å². The van der Waals surface area contributed by atoms with Crippen LogP contribution in [0.2, 0.25) is 0 Å². The molecular formula is C9H18N2O4S. The first kappa shape index (κ1) is 15.1. The van der Waals surface area contributed by atoms with Crippen molar-refractivity contribution >= 4 is 16.0 Å². The molecule has 0 aliphatic rings. The van der Waals surface area contributed by atoms with Crippen LogP contribution >= 0.6 is 0 Å². The number of carbonyl (C=O) groups is 1. The molecule has 0 saturated heterocycles. The molecule has 0 bridgehead atoms. The van der Waals surface area contributed by atoms with Crippen molar-refractivity contribution in [2.24, 2.45) is 0 Å². The van der Waals surface area contributed by atoms with Gasteiger partial charge in [-0.2, -0.15) is 0 Å². The second-order valence-corrected chi connectivity index (χ2v) is 5.36. The Hall–Kier alpha value is -0.920. The summed E-state index contributed by atoms with van der Waals surface area (Å²) in [5, 5.41) is 11.4. The van der Waals surface area contributed by atoms with E-state index in [0.29, 0.717) is 26.1 Å². The molecule has 16 heavy (non-hydrogen) atoms. The van der Waals surface area contributed by atoms with E-state index in [1.807, 2.05) is 0 Å². The average molecular weight is 250 g/mol. The largest absolute Gasteiger partial charge is 0.478 e. The van der Waals surface area contributed by atoms with Gasteiger partial charge in [0, 0.05) is 19.2 Å². The van der Waals surface area contributed by atoms with Gasteiger partial charge in [0.1, 0.15) is 0 Å². The Labute approximate surface area is 95.8 Å². The average Bonchev–Trinajstić information content (AvgIpc) is 2.07. The second kappa shape index (κ2) is 7.37. The monoisotopic (exact) mass is 250 g/mol. The molecule has 0 aromatic rings. The number of aliphatic carboxylic acids is 1. The molecule has 94 valence electrons. The van der Waals surface area contributed by atoms with E-state index in [2.05, 4.69) is 10.0 Å². The van der Waals surface area contributed by atoms with Crippen molar-refractivity contribution < 1.29 is 18.3 Å². The zero-order valence-corrected chi connectivity index (χ0v) is 10.3. The lowest BCUT2D eigenvalue weighted by Crippen LogP contribution is -2.27. The van der Waals surface area contributed by atoms with Crippen LogP contribution < -0.4 is 10.0 Å². The van der Waals surface area contributed by atoms with Gasteiger partial charge in [-0.05, 0) is 19.9 Å². The minimum absolute atomic E-state index is 0.382. The SMILES string of the molecule is CC(=CC(=O)O)CNCCCNS(C)(=O)=O. The highest BCUT2D eigenvalue weighted by Gasteiger charge is 1.98. The third-order valence-corrected chi connectivity index (χ3v) is 2.40. The molecule has 3 N–H and O–H groups in total. The zero-order valence-electron chi connectivity index (χ0n) is 9.49. The Bertz CT molecular complexity index is 349. The van der Waals surface area contributed by atoms with Crippen molar-refractivity contribution in [1.29, 1.82) is 0 Å². The zero-order chi connectivity index (χ0) is 12.6. The molecule has 0 fully saturated rings. The Balaban J connectivity index is 3.51. The molecule has 0 aliphatic heterocycles. The Morgan fingerprint density at radius 3 is 2.50 bits per heavy atom. The maximum absolute atomic E-state index is 10.7. The van der Waals surface area contributed by atoms with Crippen molar-refractivity contribution in [2.45, 2.75) is 13.3 Å². The summed E-state index contributed by atoms with van der Waals surface area (Å²) in [7, 11) is -3.11. The van der Waals surface area contributed by atoms with Gasteiger partial charge in [0.05, 0.1) is 6.26 Å². The molecule has 0 aromatic carbocycles. The Morgan fingerprint density at radius 2 is 2.00 bits per heavy atom. The van der Waals surface area contributed by atoms with E-state index < -0.39 is 16.0 Å². The Morgan fingerprint density at radius 1 is 1.38 bits per heavy atom. The van der Waals surface area contributed by atoms with Gasteiger partial charge < -0.3 is 10.4 Å². The number of sulfonamides is 1. The molecule has 0 atom stereocenters. The van der Waals surface area contributed by atoms with Crippen LogP contribution in [-0.4, -0.2) is 45.4 Å². The third kappa shape index (κ3) is 11.2. The summed E-state index contributed by atoms with van der Waals surface area (Å²) in [5.41, 5.74) is 0.726. The number of nitrogens with one attached hydrogen (secondary N) is 2. The van der Waals surface area contributed by atoms with Crippen LogP contribution in [-0.2, 0) is 14.8 Å². The smallest absolute Gasteiger partial charge is 0.328 e. The first-order valence-electron chi connectivity index (χ1n) is 4.87. The molecule has 6 nitrogen and oxygen atoms in total. The molecule has 7 heteroatoms. The van der Waals surface area contributed by atoms with Crippen LogP contribution in [0.15, 0.2) is 11.6 Å². The van der Waals surface area contributed by atoms with E-state index in [0.717, 1.165) is 17.9 Å². The number of rotatable bonds is 8. The normalized spacial score (nSPS) is 12.8. The van der Waals surface area contributed by atoms with Crippen molar-refractivity contribution in [2.75, 3.05) is 25.9 Å². The quantitative estimate of drug-likeness (QED) is 0.400. The van der Waals surface area contributed by atoms with Crippen molar-refractivity contribution in [3.05, 3.63) is 11.6 Å². The standard InChI is InChI=1S/C9H18N2O4S/c1-8(6-9(12)13)7-10-4-3-5-11-16(2,14)15/h6,10-11H,3-5,7H2,1-2H3,(H,12,13). The molecule has 0 saturated carbocycles. The van der Waals surface area contributed by atoms with Crippen LogP contribution in [0.3, 0.4) is 0 Å². The first-order chi connectivity index (χ1) is 7.31. The maximum atomic E-state index is 10.7. The van der Waals surface area contributed by atoms with E-state index in [-0.39, 0.29) is 0 Å². The number of carboxylic acid groups (broad SMARTS) is 1. The summed E-state index contributed by atoms with van der Waals surface area (Å²) >= 11 is 0. The first-order valence-corrected chi connectivity index (χ1v) is 6.76. The van der Waals surface area contributed by atoms with Gasteiger partial charge in [-0.1, -0.05) is 5.57 Å². The maximum Gasteiger partial charge on any atom is 0.328 e. The van der Waals surface area contributed by atoms with Gasteiger partial charge in [-0.15, -0.1) is 0 Å². The third-order valence-electron chi connectivity index (χ3n) is 1.67. The van der Waals surface area contributed by atoms with Crippen LogP contribution in [0.5, 0.6) is 0 Å². The fourth-order valence-corrected chi connectivity index (χ4v) is 1.53. The van der Waals surface area contributed by atoms with Gasteiger partial charge in [-0.25, -0.2) is 17.9 Å². The summed E-state index contributed by atoms with van der Waals surface area (Å²) in [6, 6.07) is 0. The predicted octanol–water partition coefficient (Wildman–Crippen LogP) is -0.454. The van der Waals surface area contributed by atoms with E-state index >= 15 is 0 Å². The lowest BCUT2D eigenvalue weighted by molar-refractivity contribution is -0.131. The molecule has 0 unspecified atom stereocenters. The Kier molecular flexibility index (Phi) is 6.95. The summed E-state index contributed by atoms with van der Waals surface area (Å²) < 4.78 is 23.7. The van der Waals surface area contributed by atoms with Crippen LogP contribution in [0, 0.1) is 0 Å². The van der Waals surface area contributed by atoms with Crippen molar-refractivity contribution in [3.8, 4) is 0 Å².